The summed E-state index contributed by atoms with van der Waals surface area (Å²) in [4.78, 5) is 0.0616. The minimum absolute atomic E-state index is 0.0616. The Hall–Kier alpha value is -1.72. The molecule has 0 aliphatic rings. The van der Waals surface area contributed by atoms with Crippen molar-refractivity contribution in [2.24, 2.45) is 10.2 Å². The summed E-state index contributed by atoms with van der Waals surface area (Å²) < 4.78 is 22.5. The first-order valence-corrected chi connectivity index (χ1v) is 8.21. The third-order valence-corrected chi connectivity index (χ3v) is 4.18. The SMILES string of the molecule is Cc1ccccc1N=Nc1ccc(S(=O)(=O)Cl)cc1C. The van der Waals surface area contributed by atoms with Crippen LogP contribution in [0.5, 0.6) is 0 Å². The van der Waals surface area contributed by atoms with E-state index >= 15 is 0 Å². The predicted octanol–water partition coefficient (Wildman–Crippen LogP) is 4.65. The van der Waals surface area contributed by atoms with E-state index in [0.717, 1.165) is 11.3 Å². The van der Waals surface area contributed by atoms with Gasteiger partial charge in [-0.05, 0) is 49.2 Å². The molecule has 4 nitrogen and oxygen atoms in total. The number of azo groups is 1. The van der Waals surface area contributed by atoms with Crippen molar-refractivity contribution in [3.8, 4) is 0 Å². The molecule has 0 saturated carbocycles. The van der Waals surface area contributed by atoms with Crippen LogP contribution in [0.25, 0.3) is 0 Å². The largest absolute Gasteiger partial charge is 0.261 e. The molecule has 0 bridgehead atoms. The highest BCUT2D eigenvalue weighted by Crippen LogP contribution is 2.26. The summed E-state index contributed by atoms with van der Waals surface area (Å²) in [7, 11) is 1.58. The van der Waals surface area contributed by atoms with Crippen LogP contribution in [-0.2, 0) is 9.05 Å². The van der Waals surface area contributed by atoms with E-state index in [-0.39, 0.29) is 4.90 Å². The Labute approximate surface area is 122 Å². The molecule has 0 spiro atoms. The van der Waals surface area contributed by atoms with Gasteiger partial charge in [0.25, 0.3) is 9.05 Å². The lowest BCUT2D eigenvalue weighted by atomic mass is 10.2. The van der Waals surface area contributed by atoms with Crippen molar-refractivity contribution in [3.05, 3.63) is 53.6 Å². The number of aryl methyl sites for hydroxylation is 2. The van der Waals surface area contributed by atoms with Crippen molar-refractivity contribution < 1.29 is 8.42 Å². The van der Waals surface area contributed by atoms with Crippen LogP contribution >= 0.6 is 10.7 Å². The fraction of sp³-hybridized carbons (Fsp3) is 0.143. The van der Waals surface area contributed by atoms with E-state index in [1.54, 1.807) is 13.0 Å². The van der Waals surface area contributed by atoms with Gasteiger partial charge in [0.1, 0.15) is 0 Å². The van der Waals surface area contributed by atoms with Crippen LogP contribution in [0, 0.1) is 13.8 Å². The smallest absolute Gasteiger partial charge is 0.207 e. The lowest BCUT2D eigenvalue weighted by molar-refractivity contribution is 0.609. The quantitative estimate of drug-likeness (QED) is 0.612. The third kappa shape index (κ3) is 3.43. The van der Waals surface area contributed by atoms with Gasteiger partial charge in [0.2, 0.25) is 0 Å². The molecule has 2 aromatic rings. The average molecular weight is 309 g/mol. The van der Waals surface area contributed by atoms with Crippen molar-refractivity contribution >= 4 is 31.1 Å². The first-order chi connectivity index (χ1) is 9.38. The topological polar surface area (TPSA) is 58.9 Å². The van der Waals surface area contributed by atoms with Gasteiger partial charge in [-0.15, -0.1) is 0 Å². The van der Waals surface area contributed by atoms with Crippen molar-refractivity contribution in [3.63, 3.8) is 0 Å². The fourth-order valence-corrected chi connectivity index (χ4v) is 2.51. The molecule has 0 radical (unpaired) electrons. The number of benzene rings is 2. The minimum Gasteiger partial charge on any atom is -0.207 e. The van der Waals surface area contributed by atoms with Gasteiger partial charge in [0.15, 0.2) is 0 Å². The maximum Gasteiger partial charge on any atom is 0.261 e. The fourth-order valence-electron chi connectivity index (χ4n) is 1.68. The van der Waals surface area contributed by atoms with Gasteiger partial charge >= 0.3 is 0 Å². The summed E-state index contributed by atoms with van der Waals surface area (Å²) in [6.07, 6.45) is 0. The van der Waals surface area contributed by atoms with E-state index in [0.29, 0.717) is 11.3 Å². The molecule has 2 rings (SSSR count). The van der Waals surface area contributed by atoms with E-state index in [1.165, 1.54) is 12.1 Å². The van der Waals surface area contributed by atoms with Gasteiger partial charge in [-0.2, -0.15) is 10.2 Å². The normalized spacial score (nSPS) is 11.9. The van der Waals surface area contributed by atoms with Gasteiger partial charge in [-0.1, -0.05) is 18.2 Å². The van der Waals surface area contributed by atoms with Crippen LogP contribution < -0.4 is 0 Å². The molecule has 0 aliphatic heterocycles. The first kappa shape index (κ1) is 14.7. The van der Waals surface area contributed by atoms with E-state index in [9.17, 15) is 8.42 Å². The number of halogens is 1. The second-order valence-corrected chi connectivity index (χ2v) is 6.94. The predicted molar refractivity (Wildman–Crippen MR) is 79.6 cm³/mol. The summed E-state index contributed by atoms with van der Waals surface area (Å²) in [5.74, 6) is 0. The van der Waals surface area contributed by atoms with E-state index in [4.69, 9.17) is 10.7 Å². The lowest BCUT2D eigenvalue weighted by Gasteiger charge is -2.02. The highest BCUT2D eigenvalue weighted by atomic mass is 35.7. The summed E-state index contributed by atoms with van der Waals surface area (Å²) in [5.41, 5.74) is 3.11. The zero-order valence-electron chi connectivity index (χ0n) is 11.0. The maximum atomic E-state index is 11.2. The number of nitrogens with zero attached hydrogens (tertiary/aromatic N) is 2. The zero-order valence-corrected chi connectivity index (χ0v) is 12.6. The molecule has 6 heteroatoms. The van der Waals surface area contributed by atoms with Gasteiger partial charge in [0.05, 0.1) is 16.3 Å². The van der Waals surface area contributed by atoms with E-state index in [1.807, 2.05) is 31.2 Å². The van der Waals surface area contributed by atoms with Crippen LogP contribution in [0.1, 0.15) is 11.1 Å². The van der Waals surface area contributed by atoms with Gasteiger partial charge in [-0.3, -0.25) is 0 Å². The number of rotatable bonds is 3. The molecule has 0 saturated heterocycles. The van der Waals surface area contributed by atoms with Crippen LogP contribution in [0.15, 0.2) is 57.6 Å². The summed E-state index contributed by atoms with van der Waals surface area (Å²) in [6.45, 7) is 3.71. The van der Waals surface area contributed by atoms with Crippen LogP contribution in [-0.4, -0.2) is 8.42 Å². The minimum atomic E-state index is -3.72. The van der Waals surface area contributed by atoms with Gasteiger partial charge in [-0.25, -0.2) is 8.42 Å². The van der Waals surface area contributed by atoms with Gasteiger partial charge in [0, 0.05) is 10.7 Å². The van der Waals surface area contributed by atoms with E-state index < -0.39 is 9.05 Å². The van der Waals surface area contributed by atoms with Crippen molar-refractivity contribution in [2.75, 3.05) is 0 Å². The van der Waals surface area contributed by atoms with E-state index in [2.05, 4.69) is 10.2 Å². The lowest BCUT2D eigenvalue weighted by Crippen LogP contribution is -1.90. The molecular weight excluding hydrogens is 296 g/mol. The van der Waals surface area contributed by atoms with Crippen molar-refractivity contribution in [1.82, 2.24) is 0 Å². The Balaban J connectivity index is 2.34. The maximum absolute atomic E-state index is 11.2. The number of hydrogen-bond donors (Lipinski definition) is 0. The van der Waals surface area contributed by atoms with Crippen LogP contribution in [0.4, 0.5) is 11.4 Å². The summed E-state index contributed by atoms with van der Waals surface area (Å²) in [5, 5.41) is 8.32. The molecule has 0 unspecified atom stereocenters. The molecule has 0 fully saturated rings. The Morgan fingerprint density at radius 1 is 0.900 bits per heavy atom. The van der Waals surface area contributed by atoms with Crippen molar-refractivity contribution in [1.29, 1.82) is 0 Å². The summed E-state index contributed by atoms with van der Waals surface area (Å²) >= 11 is 0. The highest BCUT2D eigenvalue weighted by molar-refractivity contribution is 8.13. The standard InChI is InChI=1S/C14H13ClN2O2S/c1-10-5-3-4-6-13(10)16-17-14-8-7-12(9-11(14)2)20(15,18)19/h3-9H,1-2H3. The summed E-state index contributed by atoms with van der Waals surface area (Å²) in [6, 6.07) is 12.1. The zero-order chi connectivity index (χ0) is 14.8. The second kappa shape index (κ2) is 5.73. The van der Waals surface area contributed by atoms with Crippen LogP contribution in [0.3, 0.4) is 0 Å². The molecule has 20 heavy (non-hydrogen) atoms. The number of hydrogen-bond acceptors (Lipinski definition) is 4. The Kier molecular flexibility index (Phi) is 4.20. The van der Waals surface area contributed by atoms with Gasteiger partial charge < -0.3 is 0 Å². The average Bonchev–Trinajstić information content (AvgIpc) is 2.38. The first-order valence-electron chi connectivity index (χ1n) is 5.90. The molecular formula is C14H13ClN2O2S. The Morgan fingerprint density at radius 2 is 1.50 bits per heavy atom. The van der Waals surface area contributed by atoms with Crippen molar-refractivity contribution in [2.45, 2.75) is 18.7 Å². The molecule has 0 atom stereocenters. The van der Waals surface area contributed by atoms with Crippen LogP contribution in [0.2, 0.25) is 0 Å². The Morgan fingerprint density at radius 3 is 2.05 bits per heavy atom. The monoisotopic (exact) mass is 308 g/mol. The third-order valence-electron chi connectivity index (χ3n) is 2.83. The Bertz CT molecular complexity index is 770. The molecule has 0 N–H and O–H groups in total. The molecule has 0 amide bonds. The highest BCUT2D eigenvalue weighted by Gasteiger charge is 2.11. The molecule has 0 aliphatic carbocycles. The second-order valence-electron chi connectivity index (χ2n) is 4.37. The molecule has 0 heterocycles. The molecule has 2 aromatic carbocycles. The molecule has 0 aromatic heterocycles. The molecule has 104 valence electrons.